The van der Waals surface area contributed by atoms with Crippen LogP contribution in [0.25, 0.3) is 10.1 Å². The van der Waals surface area contributed by atoms with Gasteiger partial charge in [0.2, 0.25) is 10.0 Å². The van der Waals surface area contributed by atoms with Crippen LogP contribution in [0.3, 0.4) is 0 Å². The molecule has 0 spiro atoms. The molecular weight excluding hydrogens is 427 g/mol. The largest absolute Gasteiger partial charge is 0.497 e. The van der Waals surface area contributed by atoms with Crippen molar-refractivity contribution in [2.75, 3.05) is 20.2 Å². The van der Waals surface area contributed by atoms with Gasteiger partial charge in [-0.25, -0.2) is 12.8 Å². The standard InChI is InChI=1S/C21H21FN2O4S2/c1-28-17-3-5-18(6-4-17)30(26,27)24-10-8-16(9-11-24)23-21(25)20-13-14-12-15(22)2-7-19(14)29-20/h2-7,12-13,16H,8-11H2,1H3,(H,23,25). The second-order valence-corrected chi connectivity index (χ2v) is 10.1. The Balaban J connectivity index is 1.38. The van der Waals surface area contributed by atoms with Crippen molar-refractivity contribution in [2.45, 2.75) is 23.8 Å². The van der Waals surface area contributed by atoms with Gasteiger partial charge < -0.3 is 10.1 Å². The molecule has 0 atom stereocenters. The number of nitrogens with one attached hydrogen (secondary N) is 1. The fraction of sp³-hybridized carbons (Fsp3) is 0.286. The van der Waals surface area contributed by atoms with Gasteiger partial charge >= 0.3 is 0 Å². The Kier molecular flexibility index (Phi) is 5.77. The molecule has 2 aromatic carbocycles. The highest BCUT2D eigenvalue weighted by Crippen LogP contribution is 2.27. The van der Waals surface area contributed by atoms with Crippen LogP contribution in [0.4, 0.5) is 4.39 Å². The van der Waals surface area contributed by atoms with E-state index in [-0.39, 0.29) is 22.7 Å². The molecule has 3 aromatic rings. The number of hydrogen-bond donors (Lipinski definition) is 1. The molecule has 1 aliphatic heterocycles. The van der Waals surface area contributed by atoms with Gasteiger partial charge in [-0.15, -0.1) is 11.3 Å². The van der Waals surface area contributed by atoms with Gasteiger partial charge in [0.05, 0.1) is 16.9 Å². The van der Waals surface area contributed by atoms with Crippen LogP contribution in [0.15, 0.2) is 53.4 Å². The van der Waals surface area contributed by atoms with Gasteiger partial charge in [-0.2, -0.15) is 4.31 Å². The SMILES string of the molecule is COc1ccc(S(=O)(=O)N2CCC(NC(=O)c3cc4cc(F)ccc4s3)CC2)cc1. The van der Waals surface area contributed by atoms with Crippen LogP contribution in [0.5, 0.6) is 5.75 Å². The van der Waals surface area contributed by atoms with E-state index in [1.807, 2.05) is 0 Å². The lowest BCUT2D eigenvalue weighted by Crippen LogP contribution is -2.46. The second-order valence-electron chi connectivity index (χ2n) is 7.12. The summed E-state index contributed by atoms with van der Waals surface area (Å²) in [5.74, 6) is 0.0464. The number of carbonyl (C=O) groups excluding carboxylic acids is 1. The molecule has 0 unspecified atom stereocenters. The zero-order valence-corrected chi connectivity index (χ0v) is 17.9. The summed E-state index contributed by atoms with van der Waals surface area (Å²) in [5.41, 5.74) is 0. The molecule has 4 rings (SSSR count). The number of methoxy groups -OCH3 is 1. The Hall–Kier alpha value is -2.49. The second kappa shape index (κ2) is 8.33. The molecule has 0 bridgehead atoms. The summed E-state index contributed by atoms with van der Waals surface area (Å²) in [7, 11) is -2.05. The van der Waals surface area contributed by atoms with E-state index in [9.17, 15) is 17.6 Å². The topological polar surface area (TPSA) is 75.7 Å². The Labute approximate surface area is 178 Å². The Morgan fingerprint density at radius 2 is 1.83 bits per heavy atom. The number of rotatable bonds is 5. The lowest BCUT2D eigenvalue weighted by Gasteiger charge is -2.31. The summed E-state index contributed by atoms with van der Waals surface area (Å²) in [5, 5.41) is 3.68. The Bertz CT molecular complexity index is 1170. The first-order valence-corrected chi connectivity index (χ1v) is 11.8. The highest BCUT2D eigenvalue weighted by Gasteiger charge is 2.30. The molecular formula is C21H21FN2O4S2. The van der Waals surface area contributed by atoms with Crippen LogP contribution in [0.1, 0.15) is 22.5 Å². The van der Waals surface area contributed by atoms with E-state index in [4.69, 9.17) is 4.74 Å². The first kappa shape index (κ1) is 20.8. The number of ether oxygens (including phenoxy) is 1. The number of halogens is 1. The van der Waals surface area contributed by atoms with Gasteiger partial charge in [0.25, 0.3) is 5.91 Å². The summed E-state index contributed by atoms with van der Waals surface area (Å²) in [6, 6.07) is 12.3. The minimum absolute atomic E-state index is 0.109. The van der Waals surface area contributed by atoms with Crippen molar-refractivity contribution in [2.24, 2.45) is 0 Å². The van der Waals surface area contributed by atoms with Crippen molar-refractivity contribution in [1.82, 2.24) is 9.62 Å². The number of benzene rings is 2. The van der Waals surface area contributed by atoms with E-state index in [1.165, 1.54) is 47.0 Å². The number of carbonyl (C=O) groups is 1. The molecule has 158 valence electrons. The maximum atomic E-state index is 13.4. The van der Waals surface area contributed by atoms with Gasteiger partial charge in [-0.3, -0.25) is 4.79 Å². The van der Waals surface area contributed by atoms with Crippen molar-refractivity contribution in [3.05, 3.63) is 59.2 Å². The Morgan fingerprint density at radius 1 is 1.13 bits per heavy atom. The van der Waals surface area contributed by atoms with E-state index in [2.05, 4.69) is 5.32 Å². The smallest absolute Gasteiger partial charge is 0.261 e. The molecule has 1 aromatic heterocycles. The summed E-state index contributed by atoms with van der Waals surface area (Å²) in [6.45, 7) is 0.661. The monoisotopic (exact) mass is 448 g/mol. The first-order chi connectivity index (χ1) is 14.4. The van der Waals surface area contributed by atoms with Crippen molar-refractivity contribution < 1.29 is 22.3 Å². The molecule has 1 fully saturated rings. The lowest BCUT2D eigenvalue weighted by molar-refractivity contribution is 0.0928. The zero-order chi connectivity index (χ0) is 21.3. The molecule has 0 radical (unpaired) electrons. The molecule has 1 saturated heterocycles. The maximum absolute atomic E-state index is 13.4. The predicted octanol–water partition coefficient (Wildman–Crippen LogP) is 3.63. The molecule has 0 aliphatic carbocycles. The van der Waals surface area contributed by atoms with Crippen LogP contribution in [-0.4, -0.2) is 44.9 Å². The van der Waals surface area contributed by atoms with Crippen LogP contribution in [0, 0.1) is 5.82 Å². The number of hydrogen-bond acceptors (Lipinski definition) is 5. The van der Waals surface area contributed by atoms with E-state index >= 15 is 0 Å². The number of fused-ring (bicyclic) bond motifs is 1. The molecule has 1 N–H and O–H groups in total. The average molecular weight is 449 g/mol. The molecule has 1 aliphatic rings. The van der Waals surface area contributed by atoms with Gasteiger partial charge in [-0.05, 0) is 66.8 Å². The number of nitrogens with zero attached hydrogens (tertiary/aromatic N) is 1. The van der Waals surface area contributed by atoms with Gasteiger partial charge in [-0.1, -0.05) is 0 Å². The van der Waals surface area contributed by atoms with Crippen LogP contribution >= 0.6 is 11.3 Å². The van der Waals surface area contributed by atoms with E-state index in [0.717, 1.165) is 4.70 Å². The van der Waals surface area contributed by atoms with Crippen LogP contribution in [0.2, 0.25) is 0 Å². The molecule has 9 heteroatoms. The molecule has 0 saturated carbocycles. The van der Waals surface area contributed by atoms with Crippen molar-refractivity contribution in [3.63, 3.8) is 0 Å². The third kappa shape index (κ3) is 4.19. The predicted molar refractivity (Wildman–Crippen MR) is 114 cm³/mol. The summed E-state index contributed by atoms with van der Waals surface area (Å²) < 4.78 is 46.4. The Morgan fingerprint density at radius 3 is 2.50 bits per heavy atom. The number of sulfonamides is 1. The first-order valence-electron chi connectivity index (χ1n) is 9.51. The average Bonchev–Trinajstić information content (AvgIpc) is 3.17. The molecule has 30 heavy (non-hydrogen) atoms. The third-order valence-electron chi connectivity index (χ3n) is 5.19. The molecule has 1 amide bonds. The maximum Gasteiger partial charge on any atom is 0.261 e. The van der Waals surface area contributed by atoms with Crippen molar-refractivity contribution in [1.29, 1.82) is 0 Å². The summed E-state index contributed by atoms with van der Waals surface area (Å²) in [6.07, 6.45) is 1.06. The highest BCUT2D eigenvalue weighted by molar-refractivity contribution is 7.89. The molecule has 2 heterocycles. The van der Waals surface area contributed by atoms with E-state index in [1.54, 1.807) is 24.3 Å². The van der Waals surface area contributed by atoms with Crippen LogP contribution < -0.4 is 10.1 Å². The van der Waals surface area contributed by atoms with Crippen LogP contribution in [-0.2, 0) is 10.0 Å². The van der Waals surface area contributed by atoms with Gasteiger partial charge in [0.15, 0.2) is 0 Å². The normalized spacial score (nSPS) is 15.9. The van der Waals surface area contributed by atoms with Gasteiger partial charge in [0.1, 0.15) is 11.6 Å². The fourth-order valence-corrected chi connectivity index (χ4v) is 5.94. The van der Waals surface area contributed by atoms with E-state index < -0.39 is 10.0 Å². The van der Waals surface area contributed by atoms with Gasteiger partial charge in [0, 0.05) is 23.8 Å². The number of amides is 1. The van der Waals surface area contributed by atoms with Crippen molar-refractivity contribution >= 4 is 37.4 Å². The van der Waals surface area contributed by atoms with E-state index in [0.29, 0.717) is 41.9 Å². The quantitative estimate of drug-likeness (QED) is 0.647. The number of piperidine rings is 1. The summed E-state index contributed by atoms with van der Waals surface area (Å²) in [4.78, 5) is 13.3. The minimum atomic E-state index is -3.58. The minimum Gasteiger partial charge on any atom is -0.497 e. The zero-order valence-electron chi connectivity index (χ0n) is 16.3. The molecule has 6 nitrogen and oxygen atoms in total. The third-order valence-corrected chi connectivity index (χ3v) is 8.22. The highest BCUT2D eigenvalue weighted by atomic mass is 32.2. The summed E-state index contributed by atoms with van der Waals surface area (Å²) >= 11 is 1.31. The number of thiophene rings is 1. The van der Waals surface area contributed by atoms with Crippen molar-refractivity contribution in [3.8, 4) is 5.75 Å². The fourth-order valence-electron chi connectivity index (χ4n) is 3.52. The lowest BCUT2D eigenvalue weighted by atomic mass is 10.1.